The Bertz CT molecular complexity index is 749. The topological polar surface area (TPSA) is 41.6 Å². The van der Waals surface area contributed by atoms with Crippen molar-refractivity contribution in [3.8, 4) is 0 Å². The van der Waals surface area contributed by atoms with Gasteiger partial charge in [-0.05, 0) is 48.6 Å². The Balaban J connectivity index is 1.36. The van der Waals surface area contributed by atoms with E-state index >= 15 is 0 Å². The highest BCUT2D eigenvalue weighted by Crippen LogP contribution is 2.23. The number of piperidine rings is 1. The zero-order chi connectivity index (χ0) is 17.8. The van der Waals surface area contributed by atoms with E-state index in [1.54, 1.807) is 0 Å². The second-order valence-corrected chi connectivity index (χ2v) is 7.59. The first kappa shape index (κ1) is 17.5. The van der Waals surface area contributed by atoms with Gasteiger partial charge in [0.1, 0.15) is 0 Å². The van der Waals surface area contributed by atoms with E-state index in [0.29, 0.717) is 6.54 Å². The van der Waals surface area contributed by atoms with Crippen LogP contribution in [0.4, 0.5) is 0 Å². The Hall–Kier alpha value is -1.91. The van der Waals surface area contributed by atoms with Gasteiger partial charge in [-0.1, -0.05) is 42.5 Å². The highest BCUT2D eigenvalue weighted by atomic mass is 16.5. The summed E-state index contributed by atoms with van der Waals surface area (Å²) in [6.45, 7) is 4.33. The van der Waals surface area contributed by atoms with E-state index in [4.69, 9.17) is 4.74 Å². The highest BCUT2D eigenvalue weighted by molar-refractivity contribution is 5.85. The summed E-state index contributed by atoms with van der Waals surface area (Å²) in [6.07, 6.45) is 4.47. The third-order valence-electron chi connectivity index (χ3n) is 5.68. The molecular weight excluding hydrogens is 324 g/mol. The fourth-order valence-corrected chi connectivity index (χ4v) is 4.25. The smallest absolute Gasteiger partial charge is 0.224 e. The van der Waals surface area contributed by atoms with Crippen molar-refractivity contribution in [1.82, 2.24) is 10.2 Å². The first-order valence-electron chi connectivity index (χ1n) is 9.88. The van der Waals surface area contributed by atoms with Crippen LogP contribution in [0.2, 0.25) is 0 Å². The average Bonchev–Trinajstić information content (AvgIpc) is 3.20. The SMILES string of the molecule is O=C(NCC1CCCO1)C1CCCN(Cc2cccc3ccccc23)C1. The number of benzene rings is 2. The molecular formula is C22H28N2O2. The monoisotopic (exact) mass is 352 g/mol. The lowest BCUT2D eigenvalue weighted by Crippen LogP contribution is -2.44. The molecule has 4 nitrogen and oxygen atoms in total. The number of carbonyl (C=O) groups excluding carboxylic acids is 1. The molecule has 0 aromatic heterocycles. The fraction of sp³-hybridized carbons (Fsp3) is 0.500. The van der Waals surface area contributed by atoms with Gasteiger partial charge in [0.05, 0.1) is 12.0 Å². The first-order valence-corrected chi connectivity index (χ1v) is 9.88. The Labute approximate surface area is 155 Å². The van der Waals surface area contributed by atoms with E-state index in [1.807, 2.05) is 0 Å². The minimum Gasteiger partial charge on any atom is -0.376 e. The zero-order valence-electron chi connectivity index (χ0n) is 15.3. The second-order valence-electron chi connectivity index (χ2n) is 7.59. The van der Waals surface area contributed by atoms with Crippen LogP contribution in [0.15, 0.2) is 42.5 Å². The zero-order valence-corrected chi connectivity index (χ0v) is 15.3. The maximum absolute atomic E-state index is 12.6. The van der Waals surface area contributed by atoms with Crippen molar-refractivity contribution in [2.75, 3.05) is 26.2 Å². The molecule has 2 saturated heterocycles. The van der Waals surface area contributed by atoms with Gasteiger partial charge in [-0.25, -0.2) is 0 Å². The summed E-state index contributed by atoms with van der Waals surface area (Å²) in [5.74, 6) is 0.295. The van der Waals surface area contributed by atoms with Crippen LogP contribution < -0.4 is 5.32 Å². The van der Waals surface area contributed by atoms with Crippen LogP contribution in [0.5, 0.6) is 0 Å². The molecule has 2 atom stereocenters. The molecule has 2 aliphatic heterocycles. The standard InChI is InChI=1S/C22H28N2O2/c25-22(23-14-20-10-5-13-26-20)19-9-4-12-24(16-19)15-18-8-3-7-17-6-1-2-11-21(17)18/h1-3,6-8,11,19-20H,4-5,9-10,12-16H2,(H,23,25). The lowest BCUT2D eigenvalue weighted by molar-refractivity contribution is -0.127. The molecule has 2 aromatic rings. The van der Waals surface area contributed by atoms with Crippen molar-refractivity contribution in [1.29, 1.82) is 0 Å². The Morgan fingerprint density at radius 2 is 2.00 bits per heavy atom. The van der Waals surface area contributed by atoms with E-state index in [-0.39, 0.29) is 17.9 Å². The van der Waals surface area contributed by atoms with Gasteiger partial charge in [-0.3, -0.25) is 9.69 Å². The molecule has 2 aromatic carbocycles. The molecule has 26 heavy (non-hydrogen) atoms. The van der Waals surface area contributed by atoms with E-state index in [0.717, 1.165) is 51.9 Å². The van der Waals surface area contributed by atoms with Gasteiger partial charge in [0.15, 0.2) is 0 Å². The lowest BCUT2D eigenvalue weighted by Gasteiger charge is -2.32. The largest absolute Gasteiger partial charge is 0.376 e. The average molecular weight is 352 g/mol. The summed E-state index contributed by atoms with van der Waals surface area (Å²) in [5.41, 5.74) is 1.35. The van der Waals surface area contributed by atoms with Crippen molar-refractivity contribution >= 4 is 16.7 Å². The van der Waals surface area contributed by atoms with Gasteiger partial charge >= 0.3 is 0 Å². The Morgan fingerprint density at radius 1 is 1.12 bits per heavy atom. The molecule has 1 amide bonds. The van der Waals surface area contributed by atoms with Gasteiger partial charge < -0.3 is 10.1 Å². The van der Waals surface area contributed by atoms with E-state index in [9.17, 15) is 4.79 Å². The maximum atomic E-state index is 12.6. The predicted molar refractivity (Wildman–Crippen MR) is 104 cm³/mol. The number of carbonyl (C=O) groups is 1. The van der Waals surface area contributed by atoms with Crippen molar-refractivity contribution in [2.24, 2.45) is 5.92 Å². The van der Waals surface area contributed by atoms with Crippen LogP contribution >= 0.6 is 0 Å². The predicted octanol–water partition coefficient (Wildman–Crippen LogP) is 3.35. The van der Waals surface area contributed by atoms with Gasteiger partial charge in [-0.2, -0.15) is 0 Å². The quantitative estimate of drug-likeness (QED) is 0.897. The highest BCUT2D eigenvalue weighted by Gasteiger charge is 2.27. The molecule has 0 radical (unpaired) electrons. The van der Waals surface area contributed by atoms with Crippen molar-refractivity contribution in [2.45, 2.75) is 38.3 Å². The summed E-state index contributed by atoms with van der Waals surface area (Å²) in [5, 5.41) is 5.72. The molecule has 2 fully saturated rings. The minimum atomic E-state index is 0.0973. The minimum absolute atomic E-state index is 0.0973. The van der Waals surface area contributed by atoms with Crippen molar-refractivity contribution < 1.29 is 9.53 Å². The Morgan fingerprint density at radius 3 is 2.88 bits per heavy atom. The maximum Gasteiger partial charge on any atom is 0.224 e. The van der Waals surface area contributed by atoms with E-state index in [2.05, 4.69) is 52.7 Å². The number of amides is 1. The number of ether oxygens (including phenoxy) is 1. The summed E-state index contributed by atoms with van der Waals surface area (Å²) in [4.78, 5) is 15.0. The third kappa shape index (κ3) is 4.08. The summed E-state index contributed by atoms with van der Waals surface area (Å²) in [7, 11) is 0. The fourth-order valence-electron chi connectivity index (χ4n) is 4.25. The molecule has 138 valence electrons. The molecule has 4 rings (SSSR count). The molecule has 0 saturated carbocycles. The van der Waals surface area contributed by atoms with Crippen LogP contribution in [0.1, 0.15) is 31.2 Å². The number of hydrogen-bond donors (Lipinski definition) is 1. The molecule has 2 heterocycles. The number of likely N-dealkylation sites (tertiary alicyclic amines) is 1. The third-order valence-corrected chi connectivity index (χ3v) is 5.68. The van der Waals surface area contributed by atoms with Crippen LogP contribution in [0.3, 0.4) is 0 Å². The molecule has 2 unspecified atom stereocenters. The second kappa shape index (κ2) is 8.19. The summed E-state index contributed by atoms with van der Waals surface area (Å²) < 4.78 is 5.61. The number of fused-ring (bicyclic) bond motifs is 1. The van der Waals surface area contributed by atoms with Crippen LogP contribution in [-0.4, -0.2) is 43.2 Å². The van der Waals surface area contributed by atoms with Crippen LogP contribution in [0.25, 0.3) is 10.8 Å². The molecule has 4 heteroatoms. The van der Waals surface area contributed by atoms with Gasteiger partial charge in [0, 0.05) is 26.2 Å². The van der Waals surface area contributed by atoms with E-state index in [1.165, 1.54) is 16.3 Å². The van der Waals surface area contributed by atoms with Gasteiger partial charge in [0.25, 0.3) is 0 Å². The summed E-state index contributed by atoms with van der Waals surface area (Å²) in [6, 6.07) is 15.1. The molecule has 2 aliphatic rings. The number of rotatable bonds is 5. The first-order chi connectivity index (χ1) is 12.8. The normalized spacial score (nSPS) is 24.0. The Kier molecular flexibility index (Phi) is 5.51. The molecule has 0 aliphatic carbocycles. The van der Waals surface area contributed by atoms with Crippen LogP contribution in [0, 0.1) is 5.92 Å². The molecule has 0 bridgehead atoms. The number of hydrogen-bond acceptors (Lipinski definition) is 3. The van der Waals surface area contributed by atoms with Gasteiger partial charge in [-0.15, -0.1) is 0 Å². The lowest BCUT2D eigenvalue weighted by atomic mass is 9.96. The van der Waals surface area contributed by atoms with E-state index < -0.39 is 0 Å². The van der Waals surface area contributed by atoms with Crippen molar-refractivity contribution in [3.63, 3.8) is 0 Å². The number of nitrogens with one attached hydrogen (secondary N) is 1. The van der Waals surface area contributed by atoms with Crippen LogP contribution in [-0.2, 0) is 16.1 Å². The molecule has 1 N–H and O–H groups in total. The number of nitrogens with zero attached hydrogens (tertiary/aromatic N) is 1. The summed E-state index contributed by atoms with van der Waals surface area (Å²) >= 11 is 0. The van der Waals surface area contributed by atoms with Gasteiger partial charge in [0.2, 0.25) is 5.91 Å². The van der Waals surface area contributed by atoms with Crippen molar-refractivity contribution in [3.05, 3.63) is 48.0 Å². The molecule has 0 spiro atoms.